The lowest BCUT2D eigenvalue weighted by Gasteiger charge is -2.15. The van der Waals surface area contributed by atoms with Crippen LogP contribution >= 0.6 is 23.4 Å². The second-order valence-electron chi connectivity index (χ2n) is 7.06. The molecule has 2 heterocycles. The molecule has 1 amide bonds. The molecule has 5 rings (SSSR count). The Bertz CT molecular complexity index is 1290. The van der Waals surface area contributed by atoms with Crippen molar-refractivity contribution in [1.29, 1.82) is 0 Å². The molecule has 1 fully saturated rings. The van der Waals surface area contributed by atoms with Crippen molar-refractivity contribution in [2.24, 2.45) is 0 Å². The highest BCUT2D eigenvalue weighted by molar-refractivity contribution is 8.05. The number of benzene rings is 3. The summed E-state index contributed by atoms with van der Waals surface area (Å²) < 4.78 is 0. The molecule has 4 nitrogen and oxygen atoms in total. The van der Waals surface area contributed by atoms with Gasteiger partial charge in [0, 0.05) is 32.5 Å². The number of hydrogen-bond donors (Lipinski definition) is 3. The lowest BCUT2D eigenvalue weighted by molar-refractivity contribution is -0.116. The highest BCUT2D eigenvalue weighted by atomic mass is 35.5. The van der Waals surface area contributed by atoms with Crippen LogP contribution in [0.2, 0.25) is 5.02 Å². The van der Waals surface area contributed by atoms with Gasteiger partial charge in [-0.3, -0.25) is 4.79 Å². The molecule has 0 spiro atoms. The summed E-state index contributed by atoms with van der Waals surface area (Å²) in [7, 11) is 0. The van der Waals surface area contributed by atoms with Gasteiger partial charge in [-0.05, 0) is 60.5 Å². The summed E-state index contributed by atoms with van der Waals surface area (Å²) in [5.74, 6) is -0.0712. The van der Waals surface area contributed by atoms with Crippen LogP contribution in [-0.2, 0) is 4.79 Å². The van der Waals surface area contributed by atoms with E-state index in [9.17, 15) is 4.79 Å². The minimum atomic E-state index is -0.217. The largest absolute Gasteiger partial charge is 0.356 e. The number of carbonyl (C=O) groups excluding carboxylic acids is 1. The van der Waals surface area contributed by atoms with Crippen LogP contribution in [0.25, 0.3) is 27.9 Å². The summed E-state index contributed by atoms with van der Waals surface area (Å²) in [5, 5.41) is 9.38. The number of halogens is 1. The van der Waals surface area contributed by atoms with Gasteiger partial charge in [0.1, 0.15) is 0 Å². The second-order valence-corrected chi connectivity index (χ2v) is 8.64. The number of thioether (sulfide) groups is 1. The first-order chi connectivity index (χ1) is 14.1. The molecule has 29 heavy (non-hydrogen) atoms. The number of nitrogens with one attached hydrogen (secondary N) is 3. The molecule has 144 valence electrons. The molecular weight excluding hydrogens is 402 g/mol. The van der Waals surface area contributed by atoms with Crippen molar-refractivity contribution in [3.05, 3.63) is 81.7 Å². The molecule has 1 atom stereocenters. The molecule has 0 radical (unpaired) electrons. The first-order valence-corrected chi connectivity index (χ1v) is 10.5. The monoisotopic (exact) mass is 419 g/mol. The fourth-order valence-electron chi connectivity index (χ4n) is 3.60. The number of H-pyrrole nitrogens is 1. The van der Waals surface area contributed by atoms with Crippen molar-refractivity contribution in [1.82, 2.24) is 10.3 Å². The van der Waals surface area contributed by atoms with Gasteiger partial charge >= 0.3 is 0 Å². The van der Waals surface area contributed by atoms with E-state index < -0.39 is 0 Å². The van der Waals surface area contributed by atoms with Crippen LogP contribution in [0.1, 0.15) is 11.1 Å². The first-order valence-electron chi connectivity index (χ1n) is 9.29. The van der Waals surface area contributed by atoms with Gasteiger partial charge in [-0.2, -0.15) is 0 Å². The Balaban J connectivity index is 1.41. The zero-order valence-corrected chi connectivity index (χ0v) is 17.2. The fraction of sp³-hybridized carbons (Fsp3) is 0.0870. The molecule has 0 aliphatic carbocycles. The molecule has 1 aliphatic rings. The maximum absolute atomic E-state index is 12.5. The maximum atomic E-state index is 12.5. The third-order valence-corrected chi connectivity index (χ3v) is 6.30. The number of anilines is 1. The average molecular weight is 420 g/mol. The van der Waals surface area contributed by atoms with Gasteiger partial charge in [-0.1, -0.05) is 47.6 Å². The van der Waals surface area contributed by atoms with E-state index in [4.69, 9.17) is 11.6 Å². The Hall–Kier alpha value is -2.89. The third-order valence-electron chi connectivity index (χ3n) is 5.03. The number of carbonyl (C=O) groups is 1. The van der Waals surface area contributed by atoms with Gasteiger partial charge in [-0.15, -0.1) is 0 Å². The number of aromatic nitrogens is 1. The van der Waals surface area contributed by atoms with Crippen LogP contribution in [0.15, 0.2) is 65.6 Å². The van der Waals surface area contributed by atoms with Crippen LogP contribution < -0.4 is 10.6 Å². The minimum Gasteiger partial charge on any atom is -0.356 e. The van der Waals surface area contributed by atoms with Gasteiger partial charge < -0.3 is 15.6 Å². The van der Waals surface area contributed by atoms with E-state index in [1.54, 1.807) is 0 Å². The maximum Gasteiger partial charge on any atom is 0.260 e. The number of aromatic amines is 1. The Morgan fingerprint density at radius 2 is 1.86 bits per heavy atom. The lowest BCUT2D eigenvalue weighted by Crippen LogP contribution is -2.31. The topological polar surface area (TPSA) is 56.9 Å². The predicted octanol–water partition coefficient (Wildman–Crippen LogP) is 5.88. The van der Waals surface area contributed by atoms with E-state index in [2.05, 4.69) is 39.9 Å². The molecule has 0 saturated carbocycles. The van der Waals surface area contributed by atoms with Gasteiger partial charge in [-0.25, -0.2) is 0 Å². The Morgan fingerprint density at radius 1 is 1.03 bits per heavy atom. The normalized spacial score (nSPS) is 17.9. The first kappa shape index (κ1) is 18.2. The van der Waals surface area contributed by atoms with E-state index in [1.807, 2.05) is 49.4 Å². The van der Waals surface area contributed by atoms with E-state index in [0.717, 1.165) is 33.2 Å². The van der Waals surface area contributed by atoms with Crippen molar-refractivity contribution < 1.29 is 4.79 Å². The zero-order chi connectivity index (χ0) is 20.0. The SMILES string of the molecule is Cc1cc(Cl)ccc1NC1NC(=O)/C(=C/c2ccc3[nH]c4ccccc4c3c2)S1. The molecular formula is C23H18ClN3OS. The fourth-order valence-corrected chi connectivity index (χ4v) is 4.80. The number of rotatable bonds is 3. The van der Waals surface area contributed by atoms with E-state index in [1.165, 1.54) is 17.1 Å². The Kier molecular flexibility index (Phi) is 4.49. The van der Waals surface area contributed by atoms with Crippen molar-refractivity contribution in [3.63, 3.8) is 0 Å². The number of para-hydroxylation sites is 1. The Morgan fingerprint density at radius 3 is 2.72 bits per heavy atom. The number of aryl methyl sites for hydroxylation is 1. The summed E-state index contributed by atoms with van der Waals surface area (Å²) >= 11 is 7.51. The van der Waals surface area contributed by atoms with Crippen molar-refractivity contribution in [3.8, 4) is 0 Å². The second kappa shape index (κ2) is 7.17. The third kappa shape index (κ3) is 3.48. The van der Waals surface area contributed by atoms with Crippen molar-refractivity contribution in [2.75, 3.05) is 5.32 Å². The van der Waals surface area contributed by atoms with E-state index in [0.29, 0.717) is 9.93 Å². The van der Waals surface area contributed by atoms with Crippen LogP contribution in [0.3, 0.4) is 0 Å². The van der Waals surface area contributed by atoms with Crippen LogP contribution in [0.4, 0.5) is 5.69 Å². The molecule has 1 unspecified atom stereocenters. The average Bonchev–Trinajstić information content (AvgIpc) is 3.24. The predicted molar refractivity (Wildman–Crippen MR) is 123 cm³/mol. The van der Waals surface area contributed by atoms with Gasteiger partial charge in [0.25, 0.3) is 5.91 Å². The highest BCUT2D eigenvalue weighted by Gasteiger charge is 2.27. The molecule has 1 aromatic heterocycles. The summed E-state index contributed by atoms with van der Waals surface area (Å²) in [6.45, 7) is 1.99. The molecule has 1 aliphatic heterocycles. The lowest BCUT2D eigenvalue weighted by atomic mass is 10.1. The van der Waals surface area contributed by atoms with E-state index >= 15 is 0 Å². The van der Waals surface area contributed by atoms with Gasteiger partial charge in [0.15, 0.2) is 5.50 Å². The minimum absolute atomic E-state index is 0.0712. The standard InChI is InChI=1S/C23H18ClN3OS/c1-13-10-15(24)7-9-18(13)26-23-27-22(28)21(29-23)12-14-6-8-20-17(11-14)16-4-2-3-5-19(16)25-20/h2-12,23,25-26H,1H3,(H,27,28)/b21-12-. The van der Waals surface area contributed by atoms with Crippen LogP contribution in [0.5, 0.6) is 0 Å². The van der Waals surface area contributed by atoms with Gasteiger partial charge in [0.05, 0.1) is 4.91 Å². The molecule has 1 saturated heterocycles. The summed E-state index contributed by atoms with van der Waals surface area (Å²) in [6.07, 6.45) is 1.94. The van der Waals surface area contributed by atoms with Crippen LogP contribution in [-0.4, -0.2) is 16.4 Å². The number of fused-ring (bicyclic) bond motifs is 3. The van der Waals surface area contributed by atoms with Crippen LogP contribution in [0, 0.1) is 6.92 Å². The van der Waals surface area contributed by atoms with Crippen molar-refractivity contribution in [2.45, 2.75) is 12.4 Å². The molecule has 6 heteroatoms. The quantitative estimate of drug-likeness (QED) is 0.363. The highest BCUT2D eigenvalue weighted by Crippen LogP contribution is 2.33. The molecule has 0 bridgehead atoms. The summed E-state index contributed by atoms with van der Waals surface area (Å²) in [6, 6.07) is 20.1. The molecule has 4 aromatic rings. The molecule has 3 aromatic carbocycles. The summed E-state index contributed by atoms with van der Waals surface area (Å²) in [5.41, 5.74) is 4.98. The smallest absolute Gasteiger partial charge is 0.260 e. The number of amides is 1. The summed E-state index contributed by atoms with van der Waals surface area (Å²) in [4.78, 5) is 16.6. The number of hydrogen-bond acceptors (Lipinski definition) is 3. The Labute approximate surface area is 177 Å². The molecule has 3 N–H and O–H groups in total. The zero-order valence-electron chi connectivity index (χ0n) is 15.6. The van der Waals surface area contributed by atoms with Gasteiger partial charge in [0.2, 0.25) is 0 Å². The van der Waals surface area contributed by atoms with Crippen molar-refractivity contribution >= 4 is 62.8 Å². The van der Waals surface area contributed by atoms with E-state index in [-0.39, 0.29) is 11.4 Å².